The molecule has 0 bridgehead atoms. The number of rotatable bonds is 4. The van der Waals surface area contributed by atoms with Gasteiger partial charge in [-0.25, -0.2) is 4.98 Å². The largest absolute Gasteiger partial charge is 0.347 e. The zero-order valence-electron chi connectivity index (χ0n) is 10.4. The second-order valence-electron chi connectivity index (χ2n) is 3.94. The van der Waals surface area contributed by atoms with Gasteiger partial charge in [-0.2, -0.15) is 0 Å². The zero-order chi connectivity index (χ0) is 13.0. The molecule has 0 atom stereocenters. The summed E-state index contributed by atoms with van der Waals surface area (Å²) in [5.41, 5.74) is 2.60. The van der Waals surface area contributed by atoms with Crippen molar-refractivity contribution in [1.82, 2.24) is 15.3 Å². The van der Waals surface area contributed by atoms with E-state index in [1.165, 1.54) is 0 Å². The number of hydrogen-bond acceptors (Lipinski definition) is 3. The molecular weight excluding hydrogens is 246 g/mol. The van der Waals surface area contributed by atoms with Crippen molar-refractivity contribution in [2.75, 3.05) is 6.26 Å². The molecule has 0 aliphatic carbocycles. The lowest BCUT2D eigenvalue weighted by Crippen LogP contribution is -2.23. The van der Waals surface area contributed by atoms with Crippen molar-refractivity contribution in [3.63, 3.8) is 0 Å². The van der Waals surface area contributed by atoms with Crippen molar-refractivity contribution in [2.24, 2.45) is 0 Å². The van der Waals surface area contributed by atoms with Crippen molar-refractivity contribution in [2.45, 2.75) is 18.4 Å². The Morgan fingerprint density at radius 2 is 2.33 bits per heavy atom. The van der Waals surface area contributed by atoms with Gasteiger partial charge in [0.2, 0.25) is 0 Å². The number of nitrogens with one attached hydrogen (secondary N) is 2. The van der Waals surface area contributed by atoms with Gasteiger partial charge >= 0.3 is 0 Å². The Kier molecular flexibility index (Phi) is 4.04. The molecule has 0 aliphatic rings. The fraction of sp³-hybridized carbons (Fsp3) is 0.231. The number of nitrogens with zero attached hydrogens (tertiary/aromatic N) is 1. The van der Waals surface area contributed by atoms with Crippen LogP contribution in [0.3, 0.4) is 0 Å². The molecule has 0 saturated carbocycles. The van der Waals surface area contributed by atoms with Gasteiger partial charge in [0.25, 0.3) is 5.91 Å². The first kappa shape index (κ1) is 12.7. The maximum atomic E-state index is 12.1. The number of aryl methyl sites for hydroxylation is 1. The van der Waals surface area contributed by atoms with Gasteiger partial charge in [0.1, 0.15) is 0 Å². The Hall–Kier alpha value is -1.75. The third-order valence-electron chi connectivity index (χ3n) is 2.68. The maximum Gasteiger partial charge on any atom is 0.251 e. The van der Waals surface area contributed by atoms with Gasteiger partial charge in [0.15, 0.2) is 0 Å². The van der Waals surface area contributed by atoms with Crippen molar-refractivity contribution < 1.29 is 4.79 Å². The van der Waals surface area contributed by atoms with Crippen molar-refractivity contribution in [3.8, 4) is 0 Å². The zero-order valence-corrected chi connectivity index (χ0v) is 11.2. The van der Waals surface area contributed by atoms with Crippen LogP contribution in [0.5, 0.6) is 0 Å². The summed E-state index contributed by atoms with van der Waals surface area (Å²) in [5, 5.41) is 2.87. The van der Waals surface area contributed by atoms with E-state index in [1.807, 2.05) is 31.4 Å². The molecule has 1 heterocycles. The van der Waals surface area contributed by atoms with Crippen LogP contribution in [-0.2, 0) is 6.54 Å². The lowest BCUT2D eigenvalue weighted by molar-refractivity contribution is 0.0949. The Morgan fingerprint density at radius 3 is 3.00 bits per heavy atom. The van der Waals surface area contributed by atoms with Gasteiger partial charge in [-0.15, -0.1) is 11.8 Å². The summed E-state index contributed by atoms with van der Waals surface area (Å²) in [6.07, 6.45) is 5.30. The Bertz CT molecular complexity index is 537. The third-order valence-corrected chi connectivity index (χ3v) is 3.41. The third kappa shape index (κ3) is 2.92. The highest BCUT2D eigenvalue weighted by atomic mass is 32.2. The topological polar surface area (TPSA) is 57.8 Å². The number of amides is 1. The summed E-state index contributed by atoms with van der Waals surface area (Å²) in [5.74, 6) is -0.0574. The lowest BCUT2D eigenvalue weighted by Gasteiger charge is -2.08. The van der Waals surface area contributed by atoms with E-state index in [2.05, 4.69) is 15.3 Å². The molecule has 0 spiro atoms. The Labute approximate surface area is 110 Å². The Balaban J connectivity index is 2.08. The van der Waals surface area contributed by atoms with Crippen LogP contribution in [0, 0.1) is 6.92 Å². The second kappa shape index (κ2) is 5.73. The average molecular weight is 261 g/mol. The molecule has 0 unspecified atom stereocenters. The van der Waals surface area contributed by atoms with E-state index in [-0.39, 0.29) is 5.91 Å². The first-order valence-electron chi connectivity index (χ1n) is 5.61. The van der Waals surface area contributed by atoms with Crippen LogP contribution in [-0.4, -0.2) is 22.1 Å². The predicted molar refractivity (Wildman–Crippen MR) is 72.7 cm³/mol. The van der Waals surface area contributed by atoms with Crippen molar-refractivity contribution >= 4 is 17.7 Å². The summed E-state index contributed by atoms with van der Waals surface area (Å²) in [4.78, 5) is 20.0. The number of hydrogen-bond donors (Lipinski definition) is 2. The molecule has 0 aliphatic heterocycles. The fourth-order valence-corrected chi connectivity index (χ4v) is 2.06. The minimum Gasteiger partial charge on any atom is -0.347 e. The van der Waals surface area contributed by atoms with Gasteiger partial charge in [-0.3, -0.25) is 4.79 Å². The normalized spacial score (nSPS) is 10.3. The molecule has 1 aromatic carbocycles. The molecule has 0 fully saturated rings. The number of thioether (sulfide) groups is 1. The summed E-state index contributed by atoms with van der Waals surface area (Å²) in [7, 11) is 0. The highest BCUT2D eigenvalue weighted by molar-refractivity contribution is 7.98. The van der Waals surface area contributed by atoms with Crippen LogP contribution in [0.2, 0.25) is 0 Å². The number of benzene rings is 1. The minimum atomic E-state index is -0.0574. The van der Waals surface area contributed by atoms with Crippen LogP contribution in [0.1, 0.15) is 21.6 Å². The number of carbonyl (C=O) groups excluding carboxylic acids is 1. The summed E-state index contributed by atoms with van der Waals surface area (Å²) in [6.45, 7) is 2.40. The van der Waals surface area contributed by atoms with Crippen LogP contribution in [0.4, 0.5) is 0 Å². The van der Waals surface area contributed by atoms with E-state index in [0.717, 1.165) is 21.7 Å². The SMILES string of the molecule is CSc1ccc(C)c(C(=O)NCc2cnc[nH]2)c1. The van der Waals surface area contributed by atoms with E-state index < -0.39 is 0 Å². The van der Waals surface area contributed by atoms with Gasteiger partial charge in [-0.1, -0.05) is 6.07 Å². The molecule has 4 nitrogen and oxygen atoms in total. The van der Waals surface area contributed by atoms with Crippen molar-refractivity contribution in [3.05, 3.63) is 47.5 Å². The average Bonchev–Trinajstić information content (AvgIpc) is 2.89. The van der Waals surface area contributed by atoms with Gasteiger partial charge < -0.3 is 10.3 Å². The first-order chi connectivity index (χ1) is 8.70. The quantitative estimate of drug-likeness (QED) is 0.831. The molecule has 1 amide bonds. The number of carbonyl (C=O) groups is 1. The molecule has 94 valence electrons. The molecule has 5 heteroatoms. The second-order valence-corrected chi connectivity index (χ2v) is 4.82. The van der Waals surface area contributed by atoms with Gasteiger partial charge in [0, 0.05) is 16.7 Å². The van der Waals surface area contributed by atoms with Crippen LogP contribution < -0.4 is 5.32 Å². The predicted octanol–water partition coefficient (Wildman–Crippen LogP) is 2.37. The van der Waals surface area contributed by atoms with Gasteiger partial charge in [-0.05, 0) is 30.9 Å². The number of aromatic amines is 1. The highest BCUT2D eigenvalue weighted by Gasteiger charge is 2.09. The maximum absolute atomic E-state index is 12.1. The van der Waals surface area contributed by atoms with E-state index in [9.17, 15) is 4.79 Å². The molecule has 0 radical (unpaired) electrons. The fourth-order valence-electron chi connectivity index (χ4n) is 1.62. The smallest absolute Gasteiger partial charge is 0.251 e. The van der Waals surface area contributed by atoms with Crippen molar-refractivity contribution in [1.29, 1.82) is 0 Å². The van der Waals surface area contributed by atoms with Gasteiger partial charge in [0.05, 0.1) is 18.6 Å². The molecule has 2 aromatic rings. The van der Waals surface area contributed by atoms with E-state index in [4.69, 9.17) is 0 Å². The van der Waals surface area contributed by atoms with Crippen LogP contribution >= 0.6 is 11.8 Å². The lowest BCUT2D eigenvalue weighted by atomic mass is 10.1. The standard InChI is InChI=1S/C13H15N3OS/c1-9-3-4-11(18-2)5-12(9)13(17)15-7-10-6-14-8-16-10/h3-6,8H,7H2,1-2H3,(H,14,16)(H,15,17). The molecule has 2 rings (SSSR count). The van der Waals surface area contributed by atoms with E-state index in [1.54, 1.807) is 24.3 Å². The summed E-state index contributed by atoms with van der Waals surface area (Å²) < 4.78 is 0. The highest BCUT2D eigenvalue weighted by Crippen LogP contribution is 2.19. The molecule has 2 N–H and O–H groups in total. The molecule has 18 heavy (non-hydrogen) atoms. The monoisotopic (exact) mass is 261 g/mol. The Morgan fingerprint density at radius 1 is 1.50 bits per heavy atom. The van der Waals surface area contributed by atoms with E-state index in [0.29, 0.717) is 6.54 Å². The summed E-state index contributed by atoms with van der Waals surface area (Å²) in [6, 6.07) is 5.91. The summed E-state index contributed by atoms with van der Waals surface area (Å²) >= 11 is 1.63. The van der Waals surface area contributed by atoms with E-state index >= 15 is 0 Å². The molecule has 1 aromatic heterocycles. The first-order valence-corrected chi connectivity index (χ1v) is 6.83. The minimum absolute atomic E-state index is 0.0574. The van der Waals surface area contributed by atoms with Crippen LogP contribution in [0.15, 0.2) is 35.6 Å². The molecule has 0 saturated heterocycles. The number of imidazole rings is 1. The number of H-pyrrole nitrogens is 1. The molecular formula is C13H15N3OS. The van der Waals surface area contributed by atoms with Crippen LogP contribution in [0.25, 0.3) is 0 Å². The number of aromatic nitrogens is 2.